The molecule has 3 nitrogen and oxygen atoms in total. The molecule has 0 amide bonds. The standard InChI is InChI=1S/C13H25NO2S/c1-2-3-13-10-12(4-7-16-13)14-11-5-8-17(15)9-6-11/h11-14H,2-10H2,1H3. The lowest BCUT2D eigenvalue weighted by Crippen LogP contribution is -2.46. The molecular formula is C13H25NO2S. The highest BCUT2D eigenvalue weighted by molar-refractivity contribution is 7.85. The van der Waals surface area contributed by atoms with Crippen molar-refractivity contribution in [2.24, 2.45) is 0 Å². The topological polar surface area (TPSA) is 38.3 Å². The average Bonchev–Trinajstić information content (AvgIpc) is 2.33. The van der Waals surface area contributed by atoms with E-state index in [-0.39, 0.29) is 0 Å². The highest BCUT2D eigenvalue weighted by atomic mass is 32.2. The van der Waals surface area contributed by atoms with Gasteiger partial charge in [-0.3, -0.25) is 4.21 Å². The summed E-state index contributed by atoms with van der Waals surface area (Å²) in [4.78, 5) is 0. The summed E-state index contributed by atoms with van der Waals surface area (Å²) in [6.07, 6.45) is 7.33. The van der Waals surface area contributed by atoms with E-state index in [4.69, 9.17) is 4.74 Å². The van der Waals surface area contributed by atoms with Crippen molar-refractivity contribution in [1.82, 2.24) is 5.32 Å². The van der Waals surface area contributed by atoms with Crippen LogP contribution in [0.5, 0.6) is 0 Å². The first-order valence-electron chi connectivity index (χ1n) is 7.00. The molecule has 2 aliphatic heterocycles. The van der Waals surface area contributed by atoms with E-state index in [0.717, 1.165) is 43.8 Å². The number of ether oxygens (including phenoxy) is 1. The zero-order chi connectivity index (χ0) is 12.1. The van der Waals surface area contributed by atoms with Crippen LogP contribution in [0, 0.1) is 0 Å². The molecule has 2 heterocycles. The van der Waals surface area contributed by atoms with Crippen molar-refractivity contribution in [3.05, 3.63) is 0 Å². The summed E-state index contributed by atoms with van der Waals surface area (Å²) < 4.78 is 17.1. The van der Waals surface area contributed by atoms with Gasteiger partial charge in [0, 0.05) is 41.0 Å². The lowest BCUT2D eigenvalue weighted by molar-refractivity contribution is -0.00517. The molecule has 2 rings (SSSR count). The lowest BCUT2D eigenvalue weighted by atomic mass is 9.98. The van der Waals surface area contributed by atoms with Crippen molar-refractivity contribution in [3.63, 3.8) is 0 Å². The van der Waals surface area contributed by atoms with Crippen LogP contribution in [-0.4, -0.2) is 40.5 Å². The van der Waals surface area contributed by atoms with Crippen LogP contribution in [0.15, 0.2) is 0 Å². The Morgan fingerprint density at radius 3 is 2.71 bits per heavy atom. The molecule has 1 N–H and O–H groups in total. The van der Waals surface area contributed by atoms with E-state index in [0.29, 0.717) is 18.2 Å². The van der Waals surface area contributed by atoms with Gasteiger partial charge in [0.15, 0.2) is 0 Å². The molecule has 2 fully saturated rings. The van der Waals surface area contributed by atoms with Gasteiger partial charge in [0.05, 0.1) is 6.10 Å². The molecule has 0 aliphatic carbocycles. The summed E-state index contributed by atoms with van der Waals surface area (Å²) in [7, 11) is -0.542. The van der Waals surface area contributed by atoms with E-state index in [1.54, 1.807) is 0 Å². The molecular weight excluding hydrogens is 234 g/mol. The predicted octanol–water partition coefficient (Wildman–Crippen LogP) is 1.83. The first-order valence-corrected chi connectivity index (χ1v) is 8.49. The van der Waals surface area contributed by atoms with Gasteiger partial charge in [0.1, 0.15) is 0 Å². The van der Waals surface area contributed by atoms with Crippen LogP contribution in [0.3, 0.4) is 0 Å². The Morgan fingerprint density at radius 1 is 1.24 bits per heavy atom. The van der Waals surface area contributed by atoms with Crippen molar-refractivity contribution < 1.29 is 8.95 Å². The maximum atomic E-state index is 11.3. The van der Waals surface area contributed by atoms with Gasteiger partial charge in [0.25, 0.3) is 0 Å². The van der Waals surface area contributed by atoms with Gasteiger partial charge in [0.2, 0.25) is 0 Å². The fraction of sp³-hybridized carbons (Fsp3) is 1.00. The van der Waals surface area contributed by atoms with Crippen LogP contribution in [-0.2, 0) is 15.5 Å². The monoisotopic (exact) mass is 259 g/mol. The molecule has 2 saturated heterocycles. The first kappa shape index (κ1) is 13.5. The molecule has 0 aromatic heterocycles. The van der Waals surface area contributed by atoms with Gasteiger partial charge >= 0.3 is 0 Å². The normalized spacial score (nSPS) is 39.1. The smallest absolute Gasteiger partial charge is 0.0589 e. The summed E-state index contributed by atoms with van der Waals surface area (Å²) in [6, 6.07) is 1.22. The van der Waals surface area contributed by atoms with Crippen LogP contribution >= 0.6 is 0 Å². The Kier molecular flexibility index (Phi) is 5.45. The Balaban J connectivity index is 1.72. The second-order valence-corrected chi connectivity index (χ2v) is 6.99. The Morgan fingerprint density at radius 2 is 2.00 bits per heavy atom. The van der Waals surface area contributed by atoms with Gasteiger partial charge in [-0.05, 0) is 32.1 Å². The molecule has 2 atom stereocenters. The first-order chi connectivity index (χ1) is 8.28. The summed E-state index contributed by atoms with van der Waals surface area (Å²) in [6.45, 7) is 3.12. The van der Waals surface area contributed by atoms with E-state index in [9.17, 15) is 4.21 Å². The highest BCUT2D eigenvalue weighted by Crippen LogP contribution is 2.20. The van der Waals surface area contributed by atoms with Crippen LogP contribution in [0.4, 0.5) is 0 Å². The molecule has 0 aromatic rings. The maximum absolute atomic E-state index is 11.3. The van der Waals surface area contributed by atoms with E-state index in [1.165, 1.54) is 12.8 Å². The number of hydrogen-bond acceptors (Lipinski definition) is 3. The Bertz CT molecular complexity index is 248. The molecule has 0 bridgehead atoms. The molecule has 100 valence electrons. The van der Waals surface area contributed by atoms with Crippen LogP contribution in [0.25, 0.3) is 0 Å². The second-order valence-electron chi connectivity index (χ2n) is 5.29. The molecule has 0 saturated carbocycles. The summed E-state index contributed by atoms with van der Waals surface area (Å²) in [5.41, 5.74) is 0. The average molecular weight is 259 g/mol. The van der Waals surface area contributed by atoms with Crippen molar-refractivity contribution in [3.8, 4) is 0 Å². The minimum absolute atomic E-state index is 0.462. The molecule has 4 heteroatoms. The van der Waals surface area contributed by atoms with Gasteiger partial charge in [-0.25, -0.2) is 0 Å². The second kappa shape index (κ2) is 6.86. The van der Waals surface area contributed by atoms with Crippen molar-refractivity contribution in [2.45, 2.75) is 63.6 Å². The minimum atomic E-state index is -0.542. The number of hydrogen-bond donors (Lipinski definition) is 1. The maximum Gasteiger partial charge on any atom is 0.0589 e. The van der Waals surface area contributed by atoms with Gasteiger partial charge in [-0.2, -0.15) is 0 Å². The van der Waals surface area contributed by atoms with Gasteiger partial charge < -0.3 is 10.1 Å². The van der Waals surface area contributed by atoms with Crippen molar-refractivity contribution >= 4 is 10.8 Å². The molecule has 0 radical (unpaired) electrons. The van der Waals surface area contributed by atoms with Crippen molar-refractivity contribution in [1.29, 1.82) is 0 Å². The van der Waals surface area contributed by atoms with E-state index < -0.39 is 10.8 Å². The number of nitrogens with one attached hydrogen (secondary N) is 1. The Labute approximate surface area is 107 Å². The SMILES string of the molecule is CCCC1CC(NC2CCS(=O)CC2)CCO1. The molecule has 17 heavy (non-hydrogen) atoms. The third kappa shape index (κ3) is 4.34. The van der Waals surface area contributed by atoms with Gasteiger partial charge in [-0.15, -0.1) is 0 Å². The molecule has 0 spiro atoms. The Hall–Kier alpha value is 0.0700. The summed E-state index contributed by atoms with van der Waals surface area (Å²) in [5, 5.41) is 3.75. The molecule has 2 aliphatic rings. The molecule has 2 unspecified atom stereocenters. The lowest BCUT2D eigenvalue weighted by Gasteiger charge is -2.34. The van der Waals surface area contributed by atoms with E-state index in [2.05, 4.69) is 12.2 Å². The van der Waals surface area contributed by atoms with Crippen molar-refractivity contribution in [2.75, 3.05) is 18.1 Å². The number of rotatable bonds is 4. The predicted molar refractivity (Wildman–Crippen MR) is 71.7 cm³/mol. The van der Waals surface area contributed by atoms with Crippen LogP contribution < -0.4 is 5.32 Å². The molecule has 0 aromatic carbocycles. The summed E-state index contributed by atoms with van der Waals surface area (Å²) in [5.74, 6) is 1.78. The van der Waals surface area contributed by atoms with E-state index in [1.807, 2.05) is 0 Å². The van der Waals surface area contributed by atoms with E-state index >= 15 is 0 Å². The fourth-order valence-electron chi connectivity index (χ4n) is 2.85. The third-order valence-corrected chi connectivity index (χ3v) is 5.22. The largest absolute Gasteiger partial charge is 0.378 e. The zero-order valence-electron chi connectivity index (χ0n) is 10.8. The minimum Gasteiger partial charge on any atom is -0.378 e. The van der Waals surface area contributed by atoms with Gasteiger partial charge in [-0.1, -0.05) is 13.3 Å². The summed E-state index contributed by atoms with van der Waals surface area (Å²) >= 11 is 0. The zero-order valence-corrected chi connectivity index (χ0v) is 11.6. The fourth-order valence-corrected chi connectivity index (χ4v) is 4.15. The quantitative estimate of drug-likeness (QED) is 0.837. The highest BCUT2D eigenvalue weighted by Gasteiger charge is 2.25. The third-order valence-electron chi connectivity index (χ3n) is 3.84. The van der Waals surface area contributed by atoms with Crippen LogP contribution in [0.1, 0.15) is 45.4 Å². The van der Waals surface area contributed by atoms with Crippen LogP contribution in [0.2, 0.25) is 0 Å².